The highest BCUT2D eigenvalue weighted by molar-refractivity contribution is 6.09. The van der Waals surface area contributed by atoms with Gasteiger partial charge >= 0.3 is 0 Å². The van der Waals surface area contributed by atoms with Crippen LogP contribution in [0.25, 0.3) is 22.2 Å². The number of carbonyl (C=O) groups excluding carboxylic acids is 1. The Labute approximate surface area is 213 Å². The van der Waals surface area contributed by atoms with Gasteiger partial charge in [0.1, 0.15) is 17.7 Å². The maximum atomic E-state index is 13.5. The van der Waals surface area contributed by atoms with E-state index < -0.39 is 0 Å². The third-order valence-corrected chi connectivity index (χ3v) is 6.41. The standard InChI is InChI=1S/C31H22FN3O2/c32-22-16-14-20(15-17-22)27-18-25(23-10-4-6-12-26(23)33-27)31(36)35-34-28-19-30(21-8-2-1-3-9-21)37-29-13-7-5-11-24(28)29/h1-18,30H,19H2,(H,35,36)/b34-28-. The molecule has 0 aliphatic carbocycles. The highest BCUT2D eigenvalue weighted by Gasteiger charge is 2.26. The van der Waals surface area contributed by atoms with Gasteiger partial charge in [0.2, 0.25) is 0 Å². The van der Waals surface area contributed by atoms with Gasteiger partial charge in [0.25, 0.3) is 5.91 Å². The summed E-state index contributed by atoms with van der Waals surface area (Å²) in [6, 6.07) is 32.9. The number of pyridine rings is 1. The molecule has 1 aromatic heterocycles. The van der Waals surface area contributed by atoms with Crippen LogP contribution >= 0.6 is 0 Å². The molecule has 6 heteroatoms. The quantitative estimate of drug-likeness (QED) is 0.287. The zero-order valence-electron chi connectivity index (χ0n) is 19.8. The molecule has 1 aliphatic heterocycles. The fourth-order valence-corrected chi connectivity index (χ4v) is 4.56. The molecule has 180 valence electrons. The number of hydrogen-bond acceptors (Lipinski definition) is 4. The molecule has 0 fully saturated rings. The molecule has 1 amide bonds. The lowest BCUT2D eigenvalue weighted by atomic mass is 9.96. The third kappa shape index (κ3) is 4.57. The van der Waals surface area contributed by atoms with Gasteiger partial charge in [0.05, 0.1) is 22.5 Å². The van der Waals surface area contributed by atoms with Gasteiger partial charge < -0.3 is 4.74 Å². The van der Waals surface area contributed by atoms with Crippen LogP contribution in [-0.4, -0.2) is 16.6 Å². The Hall–Kier alpha value is -4.84. The van der Waals surface area contributed by atoms with Gasteiger partial charge in [-0.1, -0.05) is 60.7 Å². The maximum absolute atomic E-state index is 13.5. The van der Waals surface area contributed by atoms with Gasteiger partial charge in [0.15, 0.2) is 0 Å². The minimum atomic E-state index is -0.352. The number of benzene rings is 4. The van der Waals surface area contributed by atoms with Gasteiger partial charge in [-0.3, -0.25) is 4.79 Å². The fourth-order valence-electron chi connectivity index (χ4n) is 4.56. The van der Waals surface area contributed by atoms with Crippen molar-refractivity contribution in [1.29, 1.82) is 0 Å². The van der Waals surface area contributed by atoms with Crippen molar-refractivity contribution in [1.82, 2.24) is 10.4 Å². The number of rotatable bonds is 4. The van der Waals surface area contributed by atoms with Crippen LogP contribution in [0.2, 0.25) is 0 Å². The Balaban J connectivity index is 1.36. The van der Waals surface area contributed by atoms with E-state index >= 15 is 0 Å². The van der Waals surface area contributed by atoms with E-state index in [4.69, 9.17) is 4.74 Å². The summed E-state index contributed by atoms with van der Waals surface area (Å²) in [5, 5.41) is 5.27. The maximum Gasteiger partial charge on any atom is 0.272 e. The first kappa shape index (κ1) is 22.6. The number of fused-ring (bicyclic) bond motifs is 2. The lowest BCUT2D eigenvalue weighted by Crippen LogP contribution is -2.25. The first-order chi connectivity index (χ1) is 18.2. The van der Waals surface area contributed by atoms with Gasteiger partial charge in [0, 0.05) is 22.9 Å². The molecule has 1 N–H and O–H groups in total. The molecule has 0 spiro atoms. The van der Waals surface area contributed by atoms with Crippen LogP contribution in [0, 0.1) is 5.82 Å². The van der Waals surface area contributed by atoms with E-state index in [9.17, 15) is 9.18 Å². The molecule has 5 nitrogen and oxygen atoms in total. The van der Waals surface area contributed by atoms with E-state index in [1.807, 2.05) is 78.9 Å². The molecule has 6 rings (SSSR count). The van der Waals surface area contributed by atoms with E-state index in [1.54, 1.807) is 18.2 Å². The zero-order chi connectivity index (χ0) is 25.2. The number of hydrogen-bond donors (Lipinski definition) is 1. The smallest absolute Gasteiger partial charge is 0.272 e. The molecule has 2 heterocycles. The molecule has 0 radical (unpaired) electrons. The molecular formula is C31H22FN3O2. The van der Waals surface area contributed by atoms with Gasteiger partial charge in [-0.05, 0) is 54.1 Å². The number of hydrazone groups is 1. The first-order valence-electron chi connectivity index (χ1n) is 12.0. The van der Waals surface area contributed by atoms with E-state index in [1.165, 1.54) is 12.1 Å². The average Bonchev–Trinajstić information content (AvgIpc) is 2.96. The average molecular weight is 488 g/mol. The van der Waals surface area contributed by atoms with Crippen LogP contribution in [0.5, 0.6) is 5.75 Å². The summed E-state index contributed by atoms with van der Waals surface area (Å²) in [7, 11) is 0. The van der Waals surface area contributed by atoms with Crippen molar-refractivity contribution in [2.75, 3.05) is 0 Å². The van der Waals surface area contributed by atoms with Crippen molar-refractivity contribution in [2.24, 2.45) is 5.10 Å². The highest BCUT2D eigenvalue weighted by Crippen LogP contribution is 2.35. The summed E-state index contributed by atoms with van der Waals surface area (Å²) in [5.74, 6) is 0.0436. The molecule has 0 saturated heterocycles. The Bertz CT molecular complexity index is 1630. The Morgan fingerprint density at radius 3 is 2.46 bits per heavy atom. The van der Waals surface area contributed by atoms with Crippen molar-refractivity contribution < 1.29 is 13.9 Å². The Kier molecular flexibility index (Phi) is 5.91. The number of para-hydroxylation sites is 2. The predicted molar refractivity (Wildman–Crippen MR) is 142 cm³/mol. The monoisotopic (exact) mass is 487 g/mol. The van der Waals surface area contributed by atoms with Gasteiger partial charge in [-0.25, -0.2) is 14.8 Å². The molecule has 5 aromatic rings. The summed E-state index contributed by atoms with van der Waals surface area (Å²) in [5.41, 5.74) is 7.80. The molecular weight excluding hydrogens is 465 g/mol. The van der Waals surface area contributed by atoms with Crippen molar-refractivity contribution in [3.8, 4) is 17.0 Å². The summed E-state index contributed by atoms with van der Waals surface area (Å²) in [4.78, 5) is 18.2. The summed E-state index contributed by atoms with van der Waals surface area (Å²) in [6.45, 7) is 0. The molecule has 1 unspecified atom stereocenters. The molecule has 1 aliphatic rings. The van der Waals surface area contributed by atoms with E-state index in [-0.39, 0.29) is 17.8 Å². The third-order valence-electron chi connectivity index (χ3n) is 6.41. The van der Waals surface area contributed by atoms with Crippen LogP contribution in [0.1, 0.15) is 34.0 Å². The van der Waals surface area contributed by atoms with Crippen LogP contribution in [-0.2, 0) is 0 Å². The minimum Gasteiger partial charge on any atom is -0.485 e. The molecule has 0 saturated carbocycles. The number of carbonyl (C=O) groups is 1. The van der Waals surface area contributed by atoms with Crippen LogP contribution in [0.4, 0.5) is 4.39 Å². The number of halogens is 1. The largest absolute Gasteiger partial charge is 0.485 e. The number of nitrogens with zero attached hydrogens (tertiary/aromatic N) is 2. The van der Waals surface area contributed by atoms with Crippen molar-refractivity contribution in [3.63, 3.8) is 0 Å². The highest BCUT2D eigenvalue weighted by atomic mass is 19.1. The van der Waals surface area contributed by atoms with E-state index in [0.29, 0.717) is 28.6 Å². The van der Waals surface area contributed by atoms with E-state index in [0.717, 1.165) is 28.2 Å². The number of amides is 1. The fraction of sp³-hybridized carbons (Fsp3) is 0.0645. The van der Waals surface area contributed by atoms with Gasteiger partial charge in [-0.2, -0.15) is 5.10 Å². The summed E-state index contributed by atoms with van der Waals surface area (Å²) >= 11 is 0. The molecule has 4 aromatic carbocycles. The van der Waals surface area contributed by atoms with Crippen molar-refractivity contribution in [2.45, 2.75) is 12.5 Å². The molecule has 0 bridgehead atoms. The topological polar surface area (TPSA) is 63.6 Å². The van der Waals surface area contributed by atoms with Gasteiger partial charge in [-0.15, -0.1) is 0 Å². The first-order valence-corrected chi connectivity index (χ1v) is 12.0. The van der Waals surface area contributed by atoms with Crippen LogP contribution < -0.4 is 10.2 Å². The van der Waals surface area contributed by atoms with E-state index in [2.05, 4.69) is 15.5 Å². The number of ether oxygens (including phenoxy) is 1. The molecule has 1 atom stereocenters. The van der Waals surface area contributed by atoms with Crippen molar-refractivity contribution >= 4 is 22.5 Å². The SMILES string of the molecule is O=C(N/N=C1/CC(c2ccccc2)Oc2ccccc21)c1cc(-c2ccc(F)cc2)nc2ccccc12. The molecule has 37 heavy (non-hydrogen) atoms. The Morgan fingerprint density at radius 1 is 0.892 bits per heavy atom. The summed E-state index contributed by atoms with van der Waals surface area (Å²) in [6.07, 6.45) is 0.303. The van der Waals surface area contributed by atoms with Crippen molar-refractivity contribution in [3.05, 3.63) is 132 Å². The zero-order valence-corrected chi connectivity index (χ0v) is 19.8. The number of aromatic nitrogens is 1. The normalized spacial score (nSPS) is 15.7. The Morgan fingerprint density at radius 2 is 1.62 bits per heavy atom. The predicted octanol–water partition coefficient (Wildman–Crippen LogP) is 6.70. The second-order valence-electron chi connectivity index (χ2n) is 8.80. The second-order valence-corrected chi connectivity index (χ2v) is 8.80. The lowest BCUT2D eigenvalue weighted by molar-refractivity contribution is 0.0956. The van der Waals surface area contributed by atoms with Crippen LogP contribution in [0.3, 0.4) is 0 Å². The van der Waals surface area contributed by atoms with Crippen LogP contribution in [0.15, 0.2) is 114 Å². The number of nitrogens with one attached hydrogen (secondary N) is 1. The minimum absolute atomic E-state index is 0.210. The lowest BCUT2D eigenvalue weighted by Gasteiger charge is -2.27. The summed E-state index contributed by atoms with van der Waals surface area (Å²) < 4.78 is 19.7. The second kappa shape index (κ2) is 9.66.